The monoisotopic (exact) mass is 235 g/mol. The molecule has 4 heteroatoms. The van der Waals surface area contributed by atoms with Crippen LogP contribution in [-0.4, -0.2) is 29.2 Å². The number of nitrogens with zero attached hydrogens (tertiary/aromatic N) is 2. The summed E-state index contributed by atoms with van der Waals surface area (Å²) in [6.07, 6.45) is 4.64. The standard InChI is InChI=1S/C13H21N3O/c1-13(2,17-3)6-4-11-10-8-14-7-5-12(10)16-9-15-11/h9,14H,4-8H2,1-3H3. The van der Waals surface area contributed by atoms with Crippen LogP contribution in [0.2, 0.25) is 0 Å². The van der Waals surface area contributed by atoms with E-state index in [1.807, 2.05) is 0 Å². The van der Waals surface area contributed by atoms with Gasteiger partial charge in [0.1, 0.15) is 6.33 Å². The fourth-order valence-electron chi connectivity index (χ4n) is 2.07. The molecule has 1 aliphatic rings. The van der Waals surface area contributed by atoms with Gasteiger partial charge in [0.15, 0.2) is 0 Å². The number of rotatable bonds is 4. The number of methoxy groups -OCH3 is 1. The Labute approximate surface area is 103 Å². The van der Waals surface area contributed by atoms with Gasteiger partial charge in [-0.15, -0.1) is 0 Å². The molecule has 1 aliphatic heterocycles. The summed E-state index contributed by atoms with van der Waals surface area (Å²) in [6, 6.07) is 0. The van der Waals surface area contributed by atoms with Crippen molar-refractivity contribution in [2.45, 2.75) is 45.3 Å². The molecule has 0 aliphatic carbocycles. The van der Waals surface area contributed by atoms with Crippen molar-refractivity contribution in [2.75, 3.05) is 13.7 Å². The number of fused-ring (bicyclic) bond motifs is 1. The molecule has 94 valence electrons. The number of ether oxygens (including phenoxy) is 1. The molecule has 0 bridgehead atoms. The third-order valence-corrected chi connectivity index (χ3v) is 3.48. The van der Waals surface area contributed by atoms with Crippen LogP contribution in [0.15, 0.2) is 6.33 Å². The third-order valence-electron chi connectivity index (χ3n) is 3.48. The number of nitrogens with one attached hydrogen (secondary N) is 1. The van der Waals surface area contributed by atoms with E-state index >= 15 is 0 Å². The first-order valence-corrected chi connectivity index (χ1v) is 6.20. The van der Waals surface area contributed by atoms with E-state index in [9.17, 15) is 0 Å². The summed E-state index contributed by atoms with van der Waals surface area (Å²) in [4.78, 5) is 8.78. The van der Waals surface area contributed by atoms with Gasteiger partial charge in [0.2, 0.25) is 0 Å². The summed E-state index contributed by atoms with van der Waals surface area (Å²) >= 11 is 0. The van der Waals surface area contributed by atoms with Crippen LogP contribution in [0.5, 0.6) is 0 Å². The third kappa shape index (κ3) is 3.01. The van der Waals surface area contributed by atoms with Crippen LogP contribution in [0.3, 0.4) is 0 Å². The minimum atomic E-state index is -0.0834. The summed E-state index contributed by atoms with van der Waals surface area (Å²) < 4.78 is 5.44. The Morgan fingerprint density at radius 1 is 1.41 bits per heavy atom. The van der Waals surface area contributed by atoms with Crippen LogP contribution < -0.4 is 5.32 Å². The molecule has 0 unspecified atom stereocenters. The predicted molar refractivity (Wildman–Crippen MR) is 66.9 cm³/mol. The van der Waals surface area contributed by atoms with Gasteiger partial charge in [0, 0.05) is 43.6 Å². The van der Waals surface area contributed by atoms with E-state index in [0.29, 0.717) is 0 Å². The maximum Gasteiger partial charge on any atom is 0.115 e. The first-order chi connectivity index (χ1) is 8.12. The minimum absolute atomic E-state index is 0.0834. The van der Waals surface area contributed by atoms with Crippen LogP contribution in [0.4, 0.5) is 0 Å². The molecule has 0 fully saturated rings. The second-order valence-corrected chi connectivity index (χ2v) is 5.14. The van der Waals surface area contributed by atoms with Crippen molar-refractivity contribution in [2.24, 2.45) is 0 Å². The Morgan fingerprint density at radius 3 is 3.00 bits per heavy atom. The van der Waals surface area contributed by atoms with Gasteiger partial charge in [-0.2, -0.15) is 0 Å². The van der Waals surface area contributed by atoms with Gasteiger partial charge >= 0.3 is 0 Å². The summed E-state index contributed by atoms with van der Waals surface area (Å²) in [6.45, 7) is 6.14. The smallest absolute Gasteiger partial charge is 0.115 e. The lowest BCUT2D eigenvalue weighted by molar-refractivity contribution is 0.0155. The van der Waals surface area contributed by atoms with Crippen molar-refractivity contribution in [3.63, 3.8) is 0 Å². The predicted octanol–water partition coefficient (Wildman–Crippen LogP) is 1.48. The number of hydrogen-bond acceptors (Lipinski definition) is 4. The zero-order chi connectivity index (χ0) is 12.3. The second-order valence-electron chi connectivity index (χ2n) is 5.14. The first kappa shape index (κ1) is 12.5. The van der Waals surface area contributed by atoms with Crippen molar-refractivity contribution in [1.29, 1.82) is 0 Å². The number of hydrogen-bond donors (Lipinski definition) is 1. The normalized spacial score (nSPS) is 15.7. The summed E-state index contributed by atoms with van der Waals surface area (Å²) in [7, 11) is 1.76. The van der Waals surface area contributed by atoms with E-state index in [0.717, 1.165) is 32.4 Å². The molecule has 1 N–H and O–H groups in total. The Kier molecular flexibility index (Phi) is 3.74. The van der Waals surface area contributed by atoms with Crippen LogP contribution in [0, 0.1) is 0 Å². The maximum atomic E-state index is 5.44. The van der Waals surface area contributed by atoms with E-state index in [2.05, 4.69) is 29.1 Å². The van der Waals surface area contributed by atoms with Gasteiger partial charge in [0.05, 0.1) is 5.60 Å². The van der Waals surface area contributed by atoms with Gasteiger partial charge in [-0.05, 0) is 26.7 Å². The molecule has 1 aromatic rings. The summed E-state index contributed by atoms with van der Waals surface area (Å²) in [5, 5.41) is 3.38. The average molecular weight is 235 g/mol. The number of aryl methyl sites for hydroxylation is 1. The van der Waals surface area contributed by atoms with Crippen molar-refractivity contribution >= 4 is 0 Å². The zero-order valence-electron chi connectivity index (χ0n) is 10.9. The highest BCUT2D eigenvalue weighted by atomic mass is 16.5. The fraction of sp³-hybridized carbons (Fsp3) is 0.692. The fourth-order valence-corrected chi connectivity index (χ4v) is 2.07. The van der Waals surface area contributed by atoms with Gasteiger partial charge < -0.3 is 10.1 Å². The topological polar surface area (TPSA) is 47.0 Å². The summed E-state index contributed by atoms with van der Waals surface area (Å²) in [5.41, 5.74) is 3.60. The van der Waals surface area contributed by atoms with Crippen LogP contribution in [0.1, 0.15) is 37.2 Å². The lowest BCUT2D eigenvalue weighted by atomic mass is 9.97. The van der Waals surface area contributed by atoms with Crippen molar-refractivity contribution in [1.82, 2.24) is 15.3 Å². The lowest BCUT2D eigenvalue weighted by Gasteiger charge is -2.24. The largest absolute Gasteiger partial charge is 0.379 e. The average Bonchev–Trinajstić information content (AvgIpc) is 2.36. The lowest BCUT2D eigenvalue weighted by Crippen LogP contribution is -2.28. The molecule has 0 saturated carbocycles. The van der Waals surface area contributed by atoms with Gasteiger partial charge in [-0.3, -0.25) is 0 Å². The zero-order valence-corrected chi connectivity index (χ0v) is 10.9. The van der Waals surface area contributed by atoms with E-state index in [1.165, 1.54) is 17.0 Å². The van der Waals surface area contributed by atoms with Gasteiger partial charge in [0.25, 0.3) is 0 Å². The molecular formula is C13H21N3O. The molecule has 0 radical (unpaired) electrons. The molecule has 0 atom stereocenters. The van der Waals surface area contributed by atoms with Crippen LogP contribution >= 0.6 is 0 Å². The second kappa shape index (κ2) is 5.10. The van der Waals surface area contributed by atoms with E-state index in [1.54, 1.807) is 13.4 Å². The Bertz CT molecular complexity index is 390. The highest BCUT2D eigenvalue weighted by Gasteiger charge is 2.19. The maximum absolute atomic E-state index is 5.44. The molecular weight excluding hydrogens is 214 g/mol. The Balaban J connectivity index is 2.11. The molecule has 0 saturated heterocycles. The molecule has 4 nitrogen and oxygen atoms in total. The van der Waals surface area contributed by atoms with E-state index in [-0.39, 0.29) is 5.60 Å². The highest BCUT2D eigenvalue weighted by Crippen LogP contribution is 2.20. The SMILES string of the molecule is COC(C)(C)CCc1ncnc2c1CNCC2. The quantitative estimate of drug-likeness (QED) is 0.858. The van der Waals surface area contributed by atoms with Crippen molar-refractivity contribution in [3.05, 3.63) is 23.3 Å². The Hall–Kier alpha value is -1.00. The minimum Gasteiger partial charge on any atom is -0.379 e. The Morgan fingerprint density at radius 2 is 2.24 bits per heavy atom. The molecule has 1 aromatic heterocycles. The van der Waals surface area contributed by atoms with E-state index < -0.39 is 0 Å². The molecule has 0 aromatic carbocycles. The highest BCUT2D eigenvalue weighted by molar-refractivity contribution is 5.27. The van der Waals surface area contributed by atoms with Crippen molar-refractivity contribution < 1.29 is 4.74 Å². The van der Waals surface area contributed by atoms with Crippen LogP contribution in [-0.2, 0) is 24.1 Å². The molecule has 2 rings (SSSR count). The molecule has 0 spiro atoms. The molecule has 0 amide bonds. The first-order valence-electron chi connectivity index (χ1n) is 6.20. The van der Waals surface area contributed by atoms with E-state index in [4.69, 9.17) is 4.74 Å². The van der Waals surface area contributed by atoms with Gasteiger partial charge in [-0.25, -0.2) is 9.97 Å². The van der Waals surface area contributed by atoms with Crippen molar-refractivity contribution in [3.8, 4) is 0 Å². The van der Waals surface area contributed by atoms with Gasteiger partial charge in [-0.1, -0.05) is 0 Å². The molecule has 17 heavy (non-hydrogen) atoms. The van der Waals surface area contributed by atoms with Crippen LogP contribution in [0.25, 0.3) is 0 Å². The molecule has 2 heterocycles. The number of aromatic nitrogens is 2. The summed E-state index contributed by atoms with van der Waals surface area (Å²) in [5.74, 6) is 0.